The molecular weight excluding hydrogens is 446 g/mol. The van der Waals surface area contributed by atoms with Crippen molar-refractivity contribution < 1.29 is 9.59 Å². The fraction of sp³-hybridized carbons (Fsp3) is 0.217. The largest absolute Gasteiger partial charge is 0.345 e. The molecule has 32 heavy (non-hydrogen) atoms. The number of nitrogens with zero attached hydrogens (tertiary/aromatic N) is 3. The van der Waals surface area contributed by atoms with Crippen LogP contribution in [0.1, 0.15) is 27.3 Å². The number of amides is 2. The fourth-order valence-corrected chi connectivity index (χ4v) is 3.82. The van der Waals surface area contributed by atoms with Gasteiger partial charge in [0, 0.05) is 22.8 Å². The van der Waals surface area contributed by atoms with E-state index in [9.17, 15) is 9.59 Å². The van der Waals surface area contributed by atoms with Gasteiger partial charge in [-0.3, -0.25) is 9.59 Å². The van der Waals surface area contributed by atoms with Crippen LogP contribution in [0.25, 0.3) is 0 Å². The Labute approximate surface area is 196 Å². The Hall–Kier alpha value is -3.10. The van der Waals surface area contributed by atoms with Crippen molar-refractivity contribution in [1.29, 1.82) is 0 Å². The third kappa shape index (κ3) is 6.21. The van der Waals surface area contributed by atoms with Crippen LogP contribution in [-0.2, 0) is 17.9 Å². The van der Waals surface area contributed by atoms with Crippen LogP contribution in [0.2, 0.25) is 5.02 Å². The molecule has 0 saturated carbocycles. The molecule has 1 heterocycles. The number of thioether (sulfide) groups is 1. The van der Waals surface area contributed by atoms with Gasteiger partial charge in [-0.15, -0.1) is 16.8 Å². The fourth-order valence-electron chi connectivity index (χ4n) is 2.88. The summed E-state index contributed by atoms with van der Waals surface area (Å²) in [6.45, 7) is 8.31. The van der Waals surface area contributed by atoms with Crippen LogP contribution < -0.4 is 10.6 Å². The first kappa shape index (κ1) is 23.6. The summed E-state index contributed by atoms with van der Waals surface area (Å²) in [6, 6.07) is 12.7. The molecule has 0 bridgehead atoms. The van der Waals surface area contributed by atoms with Crippen molar-refractivity contribution in [3.63, 3.8) is 0 Å². The normalized spacial score (nSPS) is 10.6. The molecule has 166 valence electrons. The topological polar surface area (TPSA) is 88.9 Å². The molecule has 1 aromatic heterocycles. The second-order valence-electron chi connectivity index (χ2n) is 7.14. The summed E-state index contributed by atoms with van der Waals surface area (Å²) in [5.41, 5.74) is 3.26. The van der Waals surface area contributed by atoms with Crippen LogP contribution in [0, 0.1) is 13.8 Å². The Morgan fingerprint density at radius 3 is 2.62 bits per heavy atom. The Bertz CT molecular complexity index is 1130. The molecule has 0 aliphatic rings. The van der Waals surface area contributed by atoms with Gasteiger partial charge in [-0.2, -0.15) is 0 Å². The molecule has 9 heteroatoms. The molecule has 0 atom stereocenters. The van der Waals surface area contributed by atoms with Crippen molar-refractivity contribution >= 4 is 40.9 Å². The number of allylic oxidation sites excluding steroid dienone is 1. The van der Waals surface area contributed by atoms with E-state index >= 15 is 0 Å². The number of halogens is 1. The molecule has 0 fully saturated rings. The third-order valence-electron chi connectivity index (χ3n) is 4.63. The number of carbonyl (C=O) groups excluding carboxylic acids is 2. The quantitative estimate of drug-likeness (QED) is 0.358. The number of aryl methyl sites for hydroxylation is 2. The standard InChI is InChI=1S/C23H24ClN5O2S/c1-4-11-29-20(13-25-22(31)17-8-5-15(2)6-9-17)27-28-23(29)32-14-21(30)26-19-12-18(24)10-7-16(19)3/h4-10,12H,1,11,13-14H2,2-3H3,(H,25,31)(H,26,30). The highest BCUT2D eigenvalue weighted by Gasteiger charge is 2.15. The van der Waals surface area contributed by atoms with Crippen molar-refractivity contribution in [2.45, 2.75) is 32.1 Å². The van der Waals surface area contributed by atoms with Crippen LogP contribution in [0.5, 0.6) is 0 Å². The van der Waals surface area contributed by atoms with Gasteiger partial charge in [0.15, 0.2) is 11.0 Å². The van der Waals surface area contributed by atoms with Gasteiger partial charge in [-0.25, -0.2) is 0 Å². The zero-order valence-electron chi connectivity index (χ0n) is 17.9. The van der Waals surface area contributed by atoms with E-state index in [-0.39, 0.29) is 24.1 Å². The molecule has 2 amide bonds. The van der Waals surface area contributed by atoms with Gasteiger partial charge >= 0.3 is 0 Å². The molecule has 2 aromatic carbocycles. The first-order valence-electron chi connectivity index (χ1n) is 9.94. The third-order valence-corrected chi connectivity index (χ3v) is 5.83. The van der Waals surface area contributed by atoms with Crippen molar-refractivity contribution in [3.05, 3.63) is 82.7 Å². The SMILES string of the molecule is C=CCn1c(CNC(=O)c2ccc(C)cc2)nnc1SCC(=O)Nc1cc(Cl)ccc1C. The van der Waals surface area contributed by atoms with E-state index in [4.69, 9.17) is 11.6 Å². The molecule has 0 spiro atoms. The summed E-state index contributed by atoms with van der Waals surface area (Å²) in [4.78, 5) is 24.8. The Morgan fingerprint density at radius 2 is 1.91 bits per heavy atom. The number of nitrogens with one attached hydrogen (secondary N) is 2. The first-order valence-corrected chi connectivity index (χ1v) is 11.3. The van der Waals surface area contributed by atoms with Crippen LogP contribution in [0.3, 0.4) is 0 Å². The number of aromatic nitrogens is 3. The molecule has 2 N–H and O–H groups in total. The predicted molar refractivity (Wildman–Crippen MR) is 128 cm³/mol. The van der Waals surface area contributed by atoms with Gasteiger partial charge in [0.2, 0.25) is 5.91 Å². The highest BCUT2D eigenvalue weighted by Crippen LogP contribution is 2.22. The second-order valence-corrected chi connectivity index (χ2v) is 8.52. The number of anilines is 1. The summed E-state index contributed by atoms with van der Waals surface area (Å²) >= 11 is 7.27. The van der Waals surface area contributed by atoms with Crippen molar-refractivity contribution in [2.75, 3.05) is 11.1 Å². The van der Waals surface area contributed by atoms with Crippen LogP contribution >= 0.6 is 23.4 Å². The van der Waals surface area contributed by atoms with Gasteiger partial charge in [0.05, 0.1) is 12.3 Å². The Kier molecular flexibility index (Phi) is 8.08. The number of rotatable bonds is 9. The summed E-state index contributed by atoms with van der Waals surface area (Å²) in [6.07, 6.45) is 1.72. The maximum Gasteiger partial charge on any atom is 0.251 e. The highest BCUT2D eigenvalue weighted by molar-refractivity contribution is 7.99. The van der Waals surface area contributed by atoms with Gasteiger partial charge in [-0.1, -0.05) is 53.2 Å². The van der Waals surface area contributed by atoms with E-state index in [0.29, 0.717) is 33.8 Å². The van der Waals surface area contributed by atoms with E-state index in [2.05, 4.69) is 27.4 Å². The Morgan fingerprint density at radius 1 is 1.16 bits per heavy atom. The van der Waals surface area contributed by atoms with E-state index in [0.717, 1.165) is 11.1 Å². The minimum Gasteiger partial charge on any atom is -0.345 e. The molecule has 3 rings (SSSR count). The minimum atomic E-state index is -0.191. The van der Waals surface area contributed by atoms with Crippen molar-refractivity contribution in [2.24, 2.45) is 0 Å². The molecule has 0 saturated heterocycles. The summed E-state index contributed by atoms with van der Waals surface area (Å²) < 4.78 is 1.82. The predicted octanol–water partition coefficient (Wildman–Crippen LogP) is 4.40. The summed E-state index contributed by atoms with van der Waals surface area (Å²) in [7, 11) is 0. The summed E-state index contributed by atoms with van der Waals surface area (Å²) in [5.74, 6) is 0.363. The van der Waals surface area contributed by atoms with E-state index in [1.165, 1.54) is 11.8 Å². The van der Waals surface area contributed by atoms with E-state index in [1.807, 2.05) is 36.6 Å². The van der Waals surface area contributed by atoms with Gasteiger partial charge in [-0.05, 0) is 43.7 Å². The lowest BCUT2D eigenvalue weighted by molar-refractivity contribution is -0.113. The molecule has 0 radical (unpaired) electrons. The average Bonchev–Trinajstić information content (AvgIpc) is 3.15. The number of benzene rings is 2. The molecule has 3 aromatic rings. The lowest BCUT2D eigenvalue weighted by Crippen LogP contribution is -2.24. The molecule has 0 aliphatic carbocycles. The molecular formula is C23H24ClN5O2S. The lowest BCUT2D eigenvalue weighted by Gasteiger charge is -2.10. The molecule has 0 aliphatic heterocycles. The van der Waals surface area contributed by atoms with Gasteiger partial charge < -0.3 is 15.2 Å². The maximum atomic E-state index is 12.4. The highest BCUT2D eigenvalue weighted by atomic mass is 35.5. The summed E-state index contributed by atoms with van der Waals surface area (Å²) in [5, 5.41) is 15.2. The van der Waals surface area contributed by atoms with E-state index in [1.54, 1.807) is 30.3 Å². The second kappa shape index (κ2) is 11.0. The van der Waals surface area contributed by atoms with Crippen LogP contribution in [0.15, 0.2) is 60.3 Å². The Balaban J connectivity index is 1.61. The number of hydrogen-bond acceptors (Lipinski definition) is 5. The van der Waals surface area contributed by atoms with Crippen molar-refractivity contribution in [3.8, 4) is 0 Å². The molecule has 0 unspecified atom stereocenters. The zero-order valence-corrected chi connectivity index (χ0v) is 19.5. The smallest absolute Gasteiger partial charge is 0.251 e. The molecule has 7 nitrogen and oxygen atoms in total. The number of hydrogen-bond donors (Lipinski definition) is 2. The maximum absolute atomic E-state index is 12.4. The first-order chi connectivity index (χ1) is 15.4. The van der Waals surface area contributed by atoms with Gasteiger partial charge in [0.25, 0.3) is 5.91 Å². The lowest BCUT2D eigenvalue weighted by atomic mass is 10.1. The van der Waals surface area contributed by atoms with Gasteiger partial charge in [0.1, 0.15) is 0 Å². The van der Waals surface area contributed by atoms with Crippen LogP contribution in [-0.4, -0.2) is 32.3 Å². The minimum absolute atomic E-state index is 0.150. The van der Waals surface area contributed by atoms with Crippen molar-refractivity contribution in [1.82, 2.24) is 20.1 Å². The van der Waals surface area contributed by atoms with E-state index < -0.39 is 0 Å². The zero-order chi connectivity index (χ0) is 23.1. The number of carbonyl (C=O) groups is 2. The average molecular weight is 470 g/mol. The van der Waals surface area contributed by atoms with Crippen LogP contribution in [0.4, 0.5) is 5.69 Å². The monoisotopic (exact) mass is 469 g/mol.